The number of methoxy groups -OCH3 is 1. The normalized spacial score (nSPS) is 19.1. The van der Waals surface area contributed by atoms with E-state index < -0.39 is 0 Å². The van der Waals surface area contributed by atoms with E-state index in [9.17, 15) is 4.79 Å². The van der Waals surface area contributed by atoms with E-state index in [0.29, 0.717) is 12.8 Å². The maximum Gasteiger partial charge on any atom is 0.240 e. The number of nitrogens with zero attached hydrogens (tertiary/aromatic N) is 1. The first-order valence-electron chi connectivity index (χ1n) is 7.47. The van der Waals surface area contributed by atoms with E-state index >= 15 is 0 Å². The van der Waals surface area contributed by atoms with Crippen LogP contribution in [-0.2, 0) is 4.79 Å². The Hall–Kier alpha value is -2.04. The minimum Gasteiger partial charge on any atom is -0.493 e. The number of benzene rings is 1. The molecule has 0 saturated heterocycles. The number of hydrogen-bond donors (Lipinski definition) is 1. The Balaban J connectivity index is 1.83. The number of hydrogen-bond acceptors (Lipinski definition) is 4. The molecule has 1 aliphatic carbocycles. The lowest BCUT2D eigenvalue weighted by Gasteiger charge is -2.18. The van der Waals surface area contributed by atoms with E-state index in [-0.39, 0.29) is 12.0 Å². The van der Waals surface area contributed by atoms with Crippen LogP contribution in [0.25, 0.3) is 0 Å². The molecule has 112 valence electrons. The van der Waals surface area contributed by atoms with Crippen molar-refractivity contribution < 1.29 is 14.3 Å². The zero-order valence-electron chi connectivity index (χ0n) is 12.2. The van der Waals surface area contributed by atoms with Gasteiger partial charge >= 0.3 is 0 Å². The maximum atomic E-state index is 11.2. The van der Waals surface area contributed by atoms with E-state index in [0.717, 1.165) is 35.6 Å². The average Bonchev–Trinajstić information content (AvgIpc) is 3.01. The third-order valence-electron chi connectivity index (χ3n) is 4.00. The molecule has 1 amide bonds. The van der Waals surface area contributed by atoms with Gasteiger partial charge in [0, 0.05) is 18.4 Å². The molecule has 2 aliphatic rings. The minimum absolute atomic E-state index is 0.0327. The zero-order valence-corrected chi connectivity index (χ0v) is 12.2. The van der Waals surface area contributed by atoms with Gasteiger partial charge in [-0.15, -0.1) is 0 Å². The molecule has 1 fully saturated rings. The fourth-order valence-electron chi connectivity index (χ4n) is 2.82. The van der Waals surface area contributed by atoms with Crippen molar-refractivity contribution in [2.45, 2.75) is 44.6 Å². The monoisotopic (exact) mass is 288 g/mol. The Morgan fingerprint density at radius 2 is 2.00 bits per heavy atom. The molecule has 0 radical (unpaired) electrons. The van der Waals surface area contributed by atoms with E-state index in [1.165, 1.54) is 12.8 Å². The second-order valence-electron chi connectivity index (χ2n) is 5.48. The standard InChI is InChI=1S/C16H20N2O3/c1-20-14-8-6-11(13-7-9-16(19)18-17-13)10-15(14)21-12-4-2-3-5-12/h6,8,10,12H,2-5,7,9H2,1H3,(H,18,19). The van der Waals surface area contributed by atoms with Crippen molar-refractivity contribution >= 4 is 11.6 Å². The number of rotatable bonds is 4. The Kier molecular flexibility index (Phi) is 4.08. The van der Waals surface area contributed by atoms with E-state index in [2.05, 4.69) is 10.5 Å². The summed E-state index contributed by atoms with van der Waals surface area (Å²) in [4.78, 5) is 11.2. The second-order valence-corrected chi connectivity index (χ2v) is 5.48. The summed E-state index contributed by atoms with van der Waals surface area (Å²) in [6.45, 7) is 0. The molecule has 0 bridgehead atoms. The van der Waals surface area contributed by atoms with Gasteiger partial charge in [-0.3, -0.25) is 4.79 Å². The quantitative estimate of drug-likeness (QED) is 0.926. The van der Waals surface area contributed by atoms with Crippen LogP contribution in [0, 0.1) is 0 Å². The molecule has 5 heteroatoms. The van der Waals surface area contributed by atoms with Crippen molar-refractivity contribution in [3.8, 4) is 11.5 Å². The molecule has 3 rings (SSSR count). The second kappa shape index (κ2) is 6.16. The predicted octanol–water partition coefficient (Wildman–Crippen LogP) is 2.63. The Labute approximate surface area is 124 Å². The lowest BCUT2D eigenvalue weighted by Crippen LogP contribution is -2.26. The molecular weight excluding hydrogens is 268 g/mol. The van der Waals surface area contributed by atoms with Crippen LogP contribution in [0.3, 0.4) is 0 Å². The number of carbonyl (C=O) groups is 1. The van der Waals surface area contributed by atoms with Gasteiger partial charge < -0.3 is 9.47 Å². The molecule has 21 heavy (non-hydrogen) atoms. The molecule has 1 aliphatic heterocycles. The number of ether oxygens (including phenoxy) is 2. The lowest BCUT2D eigenvalue weighted by molar-refractivity contribution is -0.121. The van der Waals surface area contributed by atoms with Crippen LogP contribution in [0.2, 0.25) is 0 Å². The van der Waals surface area contributed by atoms with E-state index in [1.807, 2.05) is 18.2 Å². The summed E-state index contributed by atoms with van der Waals surface area (Å²) in [5.41, 5.74) is 4.39. The van der Waals surface area contributed by atoms with Crippen LogP contribution in [0.15, 0.2) is 23.3 Å². The Morgan fingerprint density at radius 3 is 2.67 bits per heavy atom. The molecule has 5 nitrogen and oxygen atoms in total. The maximum absolute atomic E-state index is 11.2. The van der Waals surface area contributed by atoms with Gasteiger partial charge in [0.2, 0.25) is 5.91 Å². The first kappa shape index (κ1) is 13.9. The molecule has 0 spiro atoms. The van der Waals surface area contributed by atoms with Gasteiger partial charge in [0.05, 0.1) is 18.9 Å². The molecule has 1 saturated carbocycles. The van der Waals surface area contributed by atoms with Gasteiger partial charge in [-0.2, -0.15) is 5.10 Å². The topological polar surface area (TPSA) is 59.9 Å². The van der Waals surface area contributed by atoms with Crippen molar-refractivity contribution in [3.05, 3.63) is 23.8 Å². The molecule has 0 aromatic heterocycles. The fourth-order valence-corrected chi connectivity index (χ4v) is 2.82. The van der Waals surface area contributed by atoms with Crippen LogP contribution >= 0.6 is 0 Å². The van der Waals surface area contributed by atoms with Gasteiger partial charge in [-0.1, -0.05) is 0 Å². The summed E-state index contributed by atoms with van der Waals surface area (Å²) in [5, 5.41) is 4.13. The zero-order chi connectivity index (χ0) is 14.7. The third kappa shape index (κ3) is 3.17. The summed E-state index contributed by atoms with van der Waals surface area (Å²) in [7, 11) is 1.65. The first-order valence-corrected chi connectivity index (χ1v) is 7.47. The smallest absolute Gasteiger partial charge is 0.240 e. The van der Waals surface area contributed by atoms with Crippen LogP contribution in [0.5, 0.6) is 11.5 Å². The summed E-state index contributed by atoms with van der Waals surface area (Å²) >= 11 is 0. The highest BCUT2D eigenvalue weighted by Crippen LogP contribution is 2.33. The highest BCUT2D eigenvalue weighted by atomic mass is 16.5. The van der Waals surface area contributed by atoms with Crippen molar-refractivity contribution in [2.24, 2.45) is 5.10 Å². The Morgan fingerprint density at radius 1 is 1.19 bits per heavy atom. The molecule has 1 N–H and O–H groups in total. The molecule has 1 heterocycles. The lowest BCUT2D eigenvalue weighted by atomic mass is 10.0. The summed E-state index contributed by atoms with van der Waals surface area (Å²) < 4.78 is 11.5. The minimum atomic E-state index is -0.0327. The van der Waals surface area contributed by atoms with E-state index in [4.69, 9.17) is 9.47 Å². The molecule has 0 unspecified atom stereocenters. The molecule has 1 aromatic carbocycles. The summed E-state index contributed by atoms with van der Waals surface area (Å²) in [6, 6.07) is 5.82. The van der Waals surface area contributed by atoms with Gasteiger partial charge in [0.15, 0.2) is 11.5 Å². The predicted molar refractivity (Wildman–Crippen MR) is 79.8 cm³/mol. The van der Waals surface area contributed by atoms with Gasteiger partial charge in [-0.25, -0.2) is 5.43 Å². The van der Waals surface area contributed by atoms with Gasteiger partial charge in [-0.05, 0) is 43.9 Å². The molecular formula is C16H20N2O3. The van der Waals surface area contributed by atoms with E-state index in [1.54, 1.807) is 7.11 Å². The van der Waals surface area contributed by atoms with Gasteiger partial charge in [0.1, 0.15) is 0 Å². The number of nitrogens with one attached hydrogen (secondary N) is 1. The summed E-state index contributed by atoms with van der Waals surface area (Å²) in [5.74, 6) is 1.47. The van der Waals surface area contributed by atoms with Crippen molar-refractivity contribution in [2.75, 3.05) is 7.11 Å². The SMILES string of the molecule is COc1ccc(C2=NNC(=O)CC2)cc1OC1CCCC1. The number of hydrazone groups is 1. The van der Waals surface area contributed by atoms with Crippen molar-refractivity contribution in [1.29, 1.82) is 0 Å². The fraction of sp³-hybridized carbons (Fsp3) is 0.500. The molecule has 1 aromatic rings. The highest BCUT2D eigenvalue weighted by molar-refractivity contribution is 6.04. The summed E-state index contributed by atoms with van der Waals surface area (Å²) in [6.07, 6.45) is 6.07. The third-order valence-corrected chi connectivity index (χ3v) is 4.00. The number of amides is 1. The van der Waals surface area contributed by atoms with Crippen molar-refractivity contribution in [1.82, 2.24) is 5.43 Å². The van der Waals surface area contributed by atoms with Crippen LogP contribution in [0.4, 0.5) is 0 Å². The van der Waals surface area contributed by atoms with Crippen LogP contribution in [-0.4, -0.2) is 24.8 Å². The van der Waals surface area contributed by atoms with Crippen LogP contribution in [0.1, 0.15) is 44.1 Å². The van der Waals surface area contributed by atoms with Gasteiger partial charge in [0.25, 0.3) is 0 Å². The van der Waals surface area contributed by atoms with Crippen LogP contribution < -0.4 is 14.9 Å². The Bertz CT molecular complexity index is 563. The van der Waals surface area contributed by atoms with Crippen molar-refractivity contribution in [3.63, 3.8) is 0 Å². The molecule has 0 atom stereocenters. The highest BCUT2D eigenvalue weighted by Gasteiger charge is 2.20. The first-order chi connectivity index (χ1) is 10.3. The largest absolute Gasteiger partial charge is 0.493 e. The average molecular weight is 288 g/mol. The number of carbonyl (C=O) groups excluding carboxylic acids is 1.